The predicted molar refractivity (Wildman–Crippen MR) is 76.3 cm³/mol. The van der Waals surface area contributed by atoms with Crippen LogP contribution in [-0.4, -0.2) is 68.2 Å². The Morgan fingerprint density at radius 3 is 2.86 bits per heavy atom. The summed E-state index contributed by atoms with van der Waals surface area (Å²) in [5.41, 5.74) is 2.48. The summed E-state index contributed by atoms with van der Waals surface area (Å²) >= 11 is 0. The highest BCUT2D eigenvalue weighted by Crippen LogP contribution is 2.22. The van der Waals surface area contributed by atoms with Crippen LogP contribution in [0.3, 0.4) is 0 Å². The highest BCUT2D eigenvalue weighted by Gasteiger charge is 2.26. The van der Waals surface area contributed by atoms with Crippen molar-refractivity contribution >= 4 is 5.91 Å². The molecule has 0 saturated carbocycles. The normalized spacial score (nSPS) is 14.0. The number of nitrogens with zero attached hydrogens (tertiary/aromatic N) is 3. The van der Waals surface area contributed by atoms with Crippen LogP contribution < -0.4 is 0 Å². The number of carbonyl (C=O) groups excluding carboxylic acids is 1. The zero-order valence-corrected chi connectivity index (χ0v) is 12.9. The Bertz CT molecular complexity index is 487. The molecule has 1 aromatic heterocycles. The van der Waals surface area contributed by atoms with Gasteiger partial charge in [0, 0.05) is 45.5 Å². The number of amides is 1. The van der Waals surface area contributed by atoms with E-state index in [9.17, 15) is 4.79 Å². The van der Waals surface area contributed by atoms with Crippen molar-refractivity contribution in [3.63, 3.8) is 0 Å². The Balaban J connectivity index is 2.22. The van der Waals surface area contributed by atoms with Gasteiger partial charge in [0.05, 0.1) is 33.0 Å². The van der Waals surface area contributed by atoms with Crippen LogP contribution in [0.1, 0.15) is 21.7 Å². The Morgan fingerprint density at radius 1 is 1.38 bits per heavy atom. The minimum atomic E-state index is -0.0926. The molecule has 21 heavy (non-hydrogen) atoms. The summed E-state index contributed by atoms with van der Waals surface area (Å²) in [5.74, 6) is -0.0926. The van der Waals surface area contributed by atoms with Crippen LogP contribution in [0.4, 0.5) is 0 Å². The topological polar surface area (TPSA) is 65.8 Å². The number of methoxy groups -OCH3 is 2. The van der Waals surface area contributed by atoms with Crippen LogP contribution in [0.25, 0.3) is 0 Å². The fourth-order valence-electron chi connectivity index (χ4n) is 2.35. The zero-order valence-electron chi connectivity index (χ0n) is 12.9. The highest BCUT2D eigenvalue weighted by atomic mass is 16.5. The van der Waals surface area contributed by atoms with Crippen LogP contribution in [0, 0.1) is 0 Å². The molecule has 1 aliphatic rings. The Morgan fingerprint density at radius 2 is 2.14 bits per heavy atom. The van der Waals surface area contributed by atoms with Gasteiger partial charge in [-0.2, -0.15) is 5.10 Å². The Hall–Kier alpha value is -1.44. The molecular weight excluding hydrogens is 274 g/mol. The van der Waals surface area contributed by atoms with E-state index in [1.54, 1.807) is 26.2 Å². The molecule has 1 aliphatic heterocycles. The summed E-state index contributed by atoms with van der Waals surface area (Å²) in [7, 11) is 5.03. The van der Waals surface area contributed by atoms with Crippen molar-refractivity contribution < 1.29 is 19.0 Å². The maximum atomic E-state index is 12.5. The van der Waals surface area contributed by atoms with Crippen LogP contribution in [0.2, 0.25) is 0 Å². The van der Waals surface area contributed by atoms with Crippen molar-refractivity contribution in [3.05, 3.63) is 17.0 Å². The van der Waals surface area contributed by atoms with E-state index in [1.165, 1.54) is 0 Å². The van der Waals surface area contributed by atoms with E-state index in [0.717, 1.165) is 17.7 Å². The summed E-state index contributed by atoms with van der Waals surface area (Å²) in [6.45, 7) is 3.37. The molecule has 7 heteroatoms. The van der Waals surface area contributed by atoms with E-state index < -0.39 is 0 Å². The largest absolute Gasteiger partial charge is 0.383 e. The average molecular weight is 297 g/mol. The Kier molecular flexibility index (Phi) is 5.72. The summed E-state index contributed by atoms with van der Waals surface area (Å²) in [4.78, 5) is 14.1. The van der Waals surface area contributed by atoms with Crippen LogP contribution in [-0.2, 0) is 33.8 Å². The van der Waals surface area contributed by atoms with Gasteiger partial charge in [0.2, 0.25) is 0 Å². The van der Waals surface area contributed by atoms with Gasteiger partial charge in [0.1, 0.15) is 0 Å². The summed E-state index contributed by atoms with van der Waals surface area (Å²) in [5, 5.41) is 4.48. The SMILES string of the molecule is COCCN(C)C(=O)c1nn(CCOC)c2c1COCC2. The maximum Gasteiger partial charge on any atom is 0.274 e. The minimum Gasteiger partial charge on any atom is -0.383 e. The number of hydrogen-bond acceptors (Lipinski definition) is 5. The van der Waals surface area contributed by atoms with E-state index in [1.807, 2.05) is 4.68 Å². The van der Waals surface area contributed by atoms with E-state index in [-0.39, 0.29) is 5.91 Å². The van der Waals surface area contributed by atoms with Gasteiger partial charge in [-0.3, -0.25) is 9.48 Å². The average Bonchev–Trinajstić information content (AvgIpc) is 2.88. The summed E-state index contributed by atoms with van der Waals surface area (Å²) < 4.78 is 17.5. The number of carbonyl (C=O) groups is 1. The van der Waals surface area contributed by atoms with Gasteiger partial charge in [-0.25, -0.2) is 0 Å². The molecule has 0 spiro atoms. The number of aromatic nitrogens is 2. The number of likely N-dealkylation sites (N-methyl/N-ethyl adjacent to an activating group) is 1. The van der Waals surface area contributed by atoms with Crippen molar-refractivity contribution in [2.75, 3.05) is 47.6 Å². The quantitative estimate of drug-likeness (QED) is 0.725. The maximum absolute atomic E-state index is 12.5. The lowest BCUT2D eigenvalue weighted by Gasteiger charge is -2.17. The van der Waals surface area contributed by atoms with Crippen LogP contribution in [0.5, 0.6) is 0 Å². The summed E-state index contributed by atoms with van der Waals surface area (Å²) in [6, 6.07) is 0. The third-order valence-corrected chi connectivity index (χ3v) is 3.58. The first-order valence-corrected chi connectivity index (χ1v) is 7.08. The van der Waals surface area contributed by atoms with Gasteiger partial charge in [0.25, 0.3) is 5.91 Å². The smallest absolute Gasteiger partial charge is 0.274 e. The standard InChI is InChI=1S/C14H23N3O4/c1-16(5-8-19-2)14(18)13-11-10-21-7-4-12(11)17(15-13)6-9-20-3/h4-10H2,1-3H3. The van der Waals surface area contributed by atoms with Crippen molar-refractivity contribution in [1.82, 2.24) is 14.7 Å². The summed E-state index contributed by atoms with van der Waals surface area (Å²) in [6.07, 6.45) is 0.779. The lowest BCUT2D eigenvalue weighted by molar-refractivity contribution is 0.0725. The van der Waals surface area contributed by atoms with Gasteiger partial charge in [-0.15, -0.1) is 0 Å². The van der Waals surface area contributed by atoms with Crippen molar-refractivity contribution in [2.24, 2.45) is 0 Å². The lowest BCUT2D eigenvalue weighted by Crippen LogP contribution is -2.31. The monoisotopic (exact) mass is 297 g/mol. The van der Waals surface area contributed by atoms with Crippen molar-refractivity contribution in [3.8, 4) is 0 Å². The molecule has 2 rings (SSSR count). The second kappa shape index (κ2) is 7.53. The fourth-order valence-corrected chi connectivity index (χ4v) is 2.35. The Labute approximate surface area is 124 Å². The number of ether oxygens (including phenoxy) is 3. The van der Waals surface area contributed by atoms with E-state index in [4.69, 9.17) is 14.2 Å². The molecule has 0 aliphatic carbocycles. The molecular formula is C14H23N3O4. The zero-order chi connectivity index (χ0) is 15.2. The van der Waals surface area contributed by atoms with Gasteiger partial charge < -0.3 is 19.1 Å². The highest BCUT2D eigenvalue weighted by molar-refractivity contribution is 5.93. The number of fused-ring (bicyclic) bond motifs is 1. The molecule has 0 saturated heterocycles. The second-order valence-corrected chi connectivity index (χ2v) is 5.01. The molecule has 0 unspecified atom stereocenters. The predicted octanol–water partition coefficient (Wildman–Crippen LogP) is 0.321. The first kappa shape index (κ1) is 15.9. The van der Waals surface area contributed by atoms with Gasteiger partial charge >= 0.3 is 0 Å². The molecule has 7 nitrogen and oxygen atoms in total. The third-order valence-electron chi connectivity index (χ3n) is 3.58. The van der Waals surface area contributed by atoms with Gasteiger partial charge in [-0.1, -0.05) is 0 Å². The van der Waals surface area contributed by atoms with Gasteiger partial charge in [0.15, 0.2) is 5.69 Å². The lowest BCUT2D eigenvalue weighted by atomic mass is 10.1. The minimum absolute atomic E-state index is 0.0926. The van der Waals surface area contributed by atoms with E-state index >= 15 is 0 Å². The van der Waals surface area contributed by atoms with Gasteiger partial charge in [-0.05, 0) is 0 Å². The van der Waals surface area contributed by atoms with Crippen LogP contribution >= 0.6 is 0 Å². The number of hydrogen-bond donors (Lipinski definition) is 0. The van der Waals surface area contributed by atoms with Crippen molar-refractivity contribution in [2.45, 2.75) is 19.6 Å². The molecule has 0 N–H and O–H groups in total. The first-order chi connectivity index (χ1) is 10.2. The molecule has 118 valence electrons. The molecule has 2 heterocycles. The fraction of sp³-hybridized carbons (Fsp3) is 0.714. The molecule has 0 radical (unpaired) electrons. The second-order valence-electron chi connectivity index (χ2n) is 5.01. The molecule has 0 bridgehead atoms. The van der Waals surface area contributed by atoms with Crippen molar-refractivity contribution in [1.29, 1.82) is 0 Å². The van der Waals surface area contributed by atoms with E-state index in [0.29, 0.717) is 45.2 Å². The first-order valence-electron chi connectivity index (χ1n) is 7.08. The molecule has 1 amide bonds. The van der Waals surface area contributed by atoms with Crippen LogP contribution in [0.15, 0.2) is 0 Å². The third kappa shape index (κ3) is 3.61. The number of rotatable bonds is 7. The van der Waals surface area contributed by atoms with E-state index in [2.05, 4.69) is 5.10 Å². The molecule has 0 fully saturated rings. The molecule has 0 atom stereocenters. The molecule has 1 aromatic rings. The molecule has 0 aromatic carbocycles.